The SMILES string of the molecule is CCc1ncc(CN2CCC(c3ncc4c(n3)CCN(C)C4)CC2)cn1. The van der Waals surface area contributed by atoms with Crippen molar-refractivity contribution in [3.8, 4) is 0 Å². The number of nitrogens with zero attached hydrogens (tertiary/aromatic N) is 6. The summed E-state index contributed by atoms with van der Waals surface area (Å²) in [6, 6.07) is 0. The van der Waals surface area contributed by atoms with Crippen molar-refractivity contribution in [3.63, 3.8) is 0 Å². The van der Waals surface area contributed by atoms with Crippen molar-refractivity contribution in [2.75, 3.05) is 26.7 Å². The van der Waals surface area contributed by atoms with E-state index < -0.39 is 0 Å². The van der Waals surface area contributed by atoms with Crippen LogP contribution in [0.1, 0.15) is 54.2 Å². The molecule has 0 bridgehead atoms. The van der Waals surface area contributed by atoms with Gasteiger partial charge in [-0.1, -0.05) is 6.92 Å². The fourth-order valence-electron chi connectivity index (χ4n) is 3.92. The van der Waals surface area contributed by atoms with Crippen LogP contribution in [0.2, 0.25) is 0 Å². The Morgan fingerprint density at radius 1 is 1.04 bits per heavy atom. The second-order valence-electron chi connectivity index (χ2n) is 7.60. The van der Waals surface area contributed by atoms with E-state index in [0.717, 1.165) is 70.1 Å². The Balaban J connectivity index is 1.34. The number of fused-ring (bicyclic) bond motifs is 1. The Bertz CT molecular complexity index is 736. The van der Waals surface area contributed by atoms with E-state index in [1.165, 1.54) is 16.8 Å². The molecule has 26 heavy (non-hydrogen) atoms. The number of likely N-dealkylation sites (tertiary alicyclic amines) is 1. The first-order valence-corrected chi connectivity index (χ1v) is 9.76. The molecule has 0 spiro atoms. The summed E-state index contributed by atoms with van der Waals surface area (Å²) < 4.78 is 0. The zero-order valence-electron chi connectivity index (χ0n) is 15.9. The van der Waals surface area contributed by atoms with Crippen molar-refractivity contribution in [1.82, 2.24) is 29.7 Å². The first kappa shape index (κ1) is 17.5. The zero-order chi connectivity index (χ0) is 17.9. The minimum atomic E-state index is 0.495. The number of aryl methyl sites for hydroxylation is 1. The summed E-state index contributed by atoms with van der Waals surface area (Å²) >= 11 is 0. The van der Waals surface area contributed by atoms with Crippen LogP contribution in [0.15, 0.2) is 18.6 Å². The average Bonchev–Trinajstić information content (AvgIpc) is 2.69. The Hall–Kier alpha value is -1.92. The minimum Gasteiger partial charge on any atom is -0.302 e. The summed E-state index contributed by atoms with van der Waals surface area (Å²) in [7, 11) is 2.16. The summed E-state index contributed by atoms with van der Waals surface area (Å²) in [6.07, 6.45) is 10.2. The lowest BCUT2D eigenvalue weighted by Gasteiger charge is -2.31. The van der Waals surface area contributed by atoms with Gasteiger partial charge in [0.05, 0.1) is 0 Å². The third kappa shape index (κ3) is 3.91. The molecule has 2 aliphatic heterocycles. The Morgan fingerprint density at radius 2 is 1.81 bits per heavy atom. The second-order valence-corrected chi connectivity index (χ2v) is 7.60. The lowest BCUT2D eigenvalue weighted by molar-refractivity contribution is 0.201. The van der Waals surface area contributed by atoms with Crippen molar-refractivity contribution in [1.29, 1.82) is 0 Å². The summed E-state index contributed by atoms with van der Waals surface area (Å²) in [5.74, 6) is 2.47. The molecule has 138 valence electrons. The quantitative estimate of drug-likeness (QED) is 0.841. The first-order valence-electron chi connectivity index (χ1n) is 9.76. The van der Waals surface area contributed by atoms with Gasteiger partial charge in [-0.3, -0.25) is 4.90 Å². The zero-order valence-corrected chi connectivity index (χ0v) is 15.9. The lowest BCUT2D eigenvalue weighted by Crippen LogP contribution is -2.33. The topological polar surface area (TPSA) is 58.0 Å². The highest BCUT2D eigenvalue weighted by atomic mass is 15.1. The fourth-order valence-corrected chi connectivity index (χ4v) is 3.92. The van der Waals surface area contributed by atoms with E-state index in [1.807, 2.05) is 12.4 Å². The molecule has 0 N–H and O–H groups in total. The first-order chi connectivity index (χ1) is 12.7. The number of rotatable bonds is 4. The molecule has 0 aliphatic carbocycles. The van der Waals surface area contributed by atoms with E-state index in [0.29, 0.717) is 5.92 Å². The van der Waals surface area contributed by atoms with Gasteiger partial charge < -0.3 is 4.90 Å². The molecule has 1 saturated heterocycles. The van der Waals surface area contributed by atoms with Gasteiger partial charge >= 0.3 is 0 Å². The van der Waals surface area contributed by atoms with Crippen LogP contribution in [0.4, 0.5) is 0 Å². The van der Waals surface area contributed by atoms with Crippen molar-refractivity contribution in [2.24, 2.45) is 0 Å². The van der Waals surface area contributed by atoms with Crippen LogP contribution < -0.4 is 0 Å². The van der Waals surface area contributed by atoms with Crippen LogP contribution >= 0.6 is 0 Å². The molecule has 2 aromatic heterocycles. The van der Waals surface area contributed by atoms with Gasteiger partial charge in [0.25, 0.3) is 0 Å². The van der Waals surface area contributed by atoms with Gasteiger partial charge in [0.15, 0.2) is 0 Å². The molecule has 1 fully saturated rings. The van der Waals surface area contributed by atoms with Crippen LogP contribution in [0, 0.1) is 0 Å². The molecule has 0 amide bonds. The molecule has 0 radical (unpaired) electrons. The fraction of sp³-hybridized carbons (Fsp3) is 0.600. The molecule has 4 heterocycles. The van der Waals surface area contributed by atoms with Crippen molar-refractivity contribution in [2.45, 2.75) is 51.6 Å². The van der Waals surface area contributed by atoms with Crippen LogP contribution in [-0.4, -0.2) is 56.4 Å². The van der Waals surface area contributed by atoms with Gasteiger partial charge in [-0.15, -0.1) is 0 Å². The van der Waals surface area contributed by atoms with E-state index in [-0.39, 0.29) is 0 Å². The van der Waals surface area contributed by atoms with Crippen molar-refractivity contribution >= 4 is 0 Å². The molecule has 2 aliphatic rings. The van der Waals surface area contributed by atoms with Gasteiger partial charge in [-0.05, 0) is 33.0 Å². The normalized spacial score (nSPS) is 19.5. The van der Waals surface area contributed by atoms with Crippen LogP contribution in [0.3, 0.4) is 0 Å². The highest BCUT2D eigenvalue weighted by Crippen LogP contribution is 2.27. The molecular weight excluding hydrogens is 324 g/mol. The van der Waals surface area contributed by atoms with Crippen LogP contribution in [-0.2, 0) is 25.9 Å². The molecule has 2 aromatic rings. The number of hydrogen-bond acceptors (Lipinski definition) is 6. The lowest BCUT2D eigenvalue weighted by atomic mass is 9.95. The Kier molecular flexibility index (Phi) is 5.22. The molecule has 4 rings (SSSR count). The van der Waals surface area contributed by atoms with Gasteiger partial charge in [0.2, 0.25) is 0 Å². The highest BCUT2D eigenvalue weighted by molar-refractivity contribution is 5.21. The minimum absolute atomic E-state index is 0.495. The van der Waals surface area contributed by atoms with E-state index in [9.17, 15) is 0 Å². The summed E-state index contributed by atoms with van der Waals surface area (Å²) in [6.45, 7) is 7.27. The van der Waals surface area contributed by atoms with Gasteiger partial charge in [0, 0.05) is 73.8 Å². The number of piperidine rings is 1. The maximum atomic E-state index is 4.92. The van der Waals surface area contributed by atoms with Crippen molar-refractivity contribution < 1.29 is 0 Å². The van der Waals surface area contributed by atoms with E-state index in [1.54, 1.807) is 0 Å². The summed E-state index contributed by atoms with van der Waals surface area (Å²) in [5, 5.41) is 0. The predicted molar refractivity (Wildman–Crippen MR) is 101 cm³/mol. The van der Waals surface area contributed by atoms with Crippen LogP contribution in [0.5, 0.6) is 0 Å². The molecule has 0 saturated carbocycles. The van der Waals surface area contributed by atoms with Gasteiger partial charge in [0.1, 0.15) is 11.6 Å². The van der Waals surface area contributed by atoms with Crippen LogP contribution in [0.25, 0.3) is 0 Å². The standard InChI is InChI=1S/C20H28N6/c1-3-19-21-10-15(11-22-19)13-26-8-4-16(5-9-26)20-23-12-17-14-25(2)7-6-18(17)24-20/h10-12,16H,3-9,13-14H2,1-2H3. The molecular formula is C20H28N6. The highest BCUT2D eigenvalue weighted by Gasteiger charge is 2.24. The molecule has 0 atom stereocenters. The third-order valence-corrected chi connectivity index (χ3v) is 5.58. The second kappa shape index (κ2) is 7.76. The Labute approximate surface area is 155 Å². The monoisotopic (exact) mass is 352 g/mol. The number of aromatic nitrogens is 4. The Morgan fingerprint density at radius 3 is 2.54 bits per heavy atom. The van der Waals surface area contributed by atoms with Crippen molar-refractivity contribution in [3.05, 3.63) is 47.1 Å². The maximum Gasteiger partial charge on any atom is 0.131 e. The van der Waals surface area contributed by atoms with Gasteiger partial charge in [-0.2, -0.15) is 0 Å². The number of likely N-dealkylation sites (N-methyl/N-ethyl adjacent to an activating group) is 1. The van der Waals surface area contributed by atoms with Gasteiger partial charge in [-0.25, -0.2) is 19.9 Å². The largest absolute Gasteiger partial charge is 0.302 e. The van der Waals surface area contributed by atoms with E-state index in [2.05, 4.69) is 39.9 Å². The maximum absolute atomic E-state index is 4.92. The van der Waals surface area contributed by atoms with E-state index >= 15 is 0 Å². The number of hydrogen-bond donors (Lipinski definition) is 0. The summed E-state index contributed by atoms with van der Waals surface area (Å²) in [5.41, 5.74) is 3.77. The molecule has 6 heteroatoms. The predicted octanol–water partition coefficient (Wildman–Crippen LogP) is 2.20. The molecule has 6 nitrogen and oxygen atoms in total. The summed E-state index contributed by atoms with van der Waals surface area (Å²) in [4.78, 5) is 23.3. The molecule has 0 aromatic carbocycles. The molecule has 0 unspecified atom stereocenters. The third-order valence-electron chi connectivity index (χ3n) is 5.58. The smallest absolute Gasteiger partial charge is 0.131 e. The van der Waals surface area contributed by atoms with E-state index in [4.69, 9.17) is 9.97 Å². The average molecular weight is 352 g/mol.